The van der Waals surface area contributed by atoms with Crippen molar-refractivity contribution in [3.63, 3.8) is 0 Å². The SMILES string of the molecule is Cc1cccc(C2CCN(c3ccc(C(=O)O)cn3)C2)c1. The molecule has 108 valence electrons. The molecule has 2 aromatic rings. The van der Waals surface area contributed by atoms with Gasteiger partial charge in [-0.2, -0.15) is 0 Å². The number of pyridine rings is 1. The smallest absolute Gasteiger partial charge is 0.337 e. The van der Waals surface area contributed by atoms with Crippen LogP contribution in [0.25, 0.3) is 0 Å². The molecular weight excluding hydrogens is 264 g/mol. The predicted molar refractivity (Wildman–Crippen MR) is 81.9 cm³/mol. The molecule has 0 spiro atoms. The third-order valence-electron chi connectivity index (χ3n) is 4.02. The highest BCUT2D eigenvalue weighted by molar-refractivity contribution is 5.87. The third kappa shape index (κ3) is 2.89. The minimum absolute atomic E-state index is 0.230. The lowest BCUT2D eigenvalue weighted by Gasteiger charge is -2.17. The number of benzene rings is 1. The fourth-order valence-corrected chi connectivity index (χ4v) is 2.86. The summed E-state index contributed by atoms with van der Waals surface area (Å²) in [6.07, 6.45) is 2.53. The number of hydrogen-bond acceptors (Lipinski definition) is 3. The number of nitrogens with zero attached hydrogens (tertiary/aromatic N) is 2. The highest BCUT2D eigenvalue weighted by Crippen LogP contribution is 2.30. The lowest BCUT2D eigenvalue weighted by Crippen LogP contribution is -2.20. The van der Waals surface area contributed by atoms with E-state index in [9.17, 15) is 4.79 Å². The van der Waals surface area contributed by atoms with E-state index in [1.807, 2.05) is 0 Å². The van der Waals surface area contributed by atoms with Gasteiger partial charge in [-0.15, -0.1) is 0 Å². The summed E-state index contributed by atoms with van der Waals surface area (Å²) in [5, 5.41) is 8.90. The Labute approximate surface area is 124 Å². The highest BCUT2D eigenvalue weighted by atomic mass is 16.4. The molecule has 21 heavy (non-hydrogen) atoms. The number of aromatic nitrogens is 1. The van der Waals surface area contributed by atoms with Gasteiger partial charge in [0.05, 0.1) is 5.56 Å². The lowest BCUT2D eigenvalue weighted by molar-refractivity contribution is 0.0696. The molecule has 0 saturated carbocycles. The zero-order valence-electron chi connectivity index (χ0n) is 12.0. The molecule has 1 aliphatic rings. The largest absolute Gasteiger partial charge is 0.478 e. The number of carbonyl (C=O) groups is 1. The molecule has 1 aromatic carbocycles. The van der Waals surface area contributed by atoms with Gasteiger partial charge in [0.2, 0.25) is 0 Å². The molecule has 1 aromatic heterocycles. The molecule has 3 rings (SSSR count). The van der Waals surface area contributed by atoms with Gasteiger partial charge in [-0.1, -0.05) is 29.8 Å². The molecule has 0 bridgehead atoms. The van der Waals surface area contributed by atoms with Crippen LogP contribution in [0.15, 0.2) is 42.6 Å². The first-order valence-corrected chi connectivity index (χ1v) is 7.14. The third-order valence-corrected chi connectivity index (χ3v) is 4.02. The van der Waals surface area contributed by atoms with Crippen molar-refractivity contribution in [3.8, 4) is 0 Å². The van der Waals surface area contributed by atoms with Gasteiger partial charge in [-0.25, -0.2) is 9.78 Å². The number of aromatic carboxylic acids is 1. The highest BCUT2D eigenvalue weighted by Gasteiger charge is 2.24. The molecule has 0 aliphatic carbocycles. The Bertz CT molecular complexity index is 652. The van der Waals surface area contributed by atoms with Crippen molar-refractivity contribution in [2.45, 2.75) is 19.3 Å². The fourth-order valence-electron chi connectivity index (χ4n) is 2.86. The Morgan fingerprint density at radius 2 is 2.19 bits per heavy atom. The molecule has 0 radical (unpaired) electrons. The van der Waals surface area contributed by atoms with Crippen LogP contribution in [0.2, 0.25) is 0 Å². The van der Waals surface area contributed by atoms with Crippen molar-refractivity contribution in [1.29, 1.82) is 0 Å². The van der Waals surface area contributed by atoms with E-state index in [1.165, 1.54) is 17.3 Å². The van der Waals surface area contributed by atoms with Gasteiger partial charge in [-0.05, 0) is 31.0 Å². The minimum Gasteiger partial charge on any atom is -0.478 e. The number of rotatable bonds is 3. The van der Waals surface area contributed by atoms with Crippen LogP contribution in [0.5, 0.6) is 0 Å². The Hall–Kier alpha value is -2.36. The van der Waals surface area contributed by atoms with E-state index >= 15 is 0 Å². The molecule has 1 saturated heterocycles. The molecule has 1 aliphatic heterocycles. The first-order valence-electron chi connectivity index (χ1n) is 7.14. The fraction of sp³-hybridized carbons (Fsp3) is 0.294. The van der Waals surface area contributed by atoms with Gasteiger partial charge in [0, 0.05) is 25.2 Å². The first kappa shape index (κ1) is 13.6. The van der Waals surface area contributed by atoms with Crippen LogP contribution < -0.4 is 4.90 Å². The molecule has 1 N–H and O–H groups in total. The van der Waals surface area contributed by atoms with E-state index in [1.54, 1.807) is 12.1 Å². The van der Waals surface area contributed by atoms with Crippen molar-refractivity contribution in [3.05, 3.63) is 59.3 Å². The summed E-state index contributed by atoms with van der Waals surface area (Å²) in [4.78, 5) is 17.3. The van der Waals surface area contributed by atoms with E-state index in [0.29, 0.717) is 5.92 Å². The quantitative estimate of drug-likeness (QED) is 0.940. The summed E-state index contributed by atoms with van der Waals surface area (Å²) in [7, 11) is 0. The van der Waals surface area contributed by atoms with Gasteiger partial charge >= 0.3 is 5.97 Å². The number of carboxylic acids is 1. The Kier molecular flexibility index (Phi) is 3.60. The summed E-state index contributed by atoms with van der Waals surface area (Å²) in [6, 6.07) is 12.1. The van der Waals surface area contributed by atoms with Crippen molar-refractivity contribution >= 4 is 11.8 Å². The predicted octanol–water partition coefficient (Wildman–Crippen LogP) is 3.08. The van der Waals surface area contributed by atoms with Crippen LogP contribution >= 0.6 is 0 Å². The van der Waals surface area contributed by atoms with Crippen LogP contribution in [0.1, 0.15) is 33.8 Å². The molecule has 1 unspecified atom stereocenters. The second-order valence-electron chi connectivity index (χ2n) is 5.56. The van der Waals surface area contributed by atoms with Gasteiger partial charge in [-0.3, -0.25) is 0 Å². The van der Waals surface area contributed by atoms with Gasteiger partial charge in [0.25, 0.3) is 0 Å². The lowest BCUT2D eigenvalue weighted by atomic mass is 9.97. The van der Waals surface area contributed by atoms with Gasteiger partial charge in [0.15, 0.2) is 0 Å². The number of aryl methyl sites for hydroxylation is 1. The molecule has 4 heteroatoms. The Balaban J connectivity index is 1.73. The zero-order chi connectivity index (χ0) is 14.8. The Morgan fingerprint density at radius 3 is 2.86 bits per heavy atom. The zero-order valence-corrected chi connectivity index (χ0v) is 12.0. The molecule has 2 heterocycles. The summed E-state index contributed by atoms with van der Waals surface area (Å²) in [5.74, 6) is 0.439. The van der Waals surface area contributed by atoms with E-state index in [2.05, 4.69) is 41.1 Å². The van der Waals surface area contributed by atoms with E-state index in [0.717, 1.165) is 25.3 Å². The molecular formula is C17H18N2O2. The van der Waals surface area contributed by atoms with Crippen LogP contribution in [-0.4, -0.2) is 29.1 Å². The normalized spacial score (nSPS) is 18.0. The van der Waals surface area contributed by atoms with Crippen molar-refractivity contribution in [2.24, 2.45) is 0 Å². The number of carboxylic acid groups (broad SMARTS) is 1. The number of anilines is 1. The molecule has 1 atom stereocenters. The van der Waals surface area contributed by atoms with Crippen molar-refractivity contribution in [2.75, 3.05) is 18.0 Å². The summed E-state index contributed by atoms with van der Waals surface area (Å²) in [6.45, 7) is 4.00. The average molecular weight is 282 g/mol. The van der Waals surface area contributed by atoms with Crippen LogP contribution in [0.4, 0.5) is 5.82 Å². The minimum atomic E-state index is -0.937. The standard InChI is InChI=1S/C17H18N2O2/c1-12-3-2-4-13(9-12)15-7-8-19(11-15)16-6-5-14(10-18-16)17(20)21/h2-6,9-10,15H,7-8,11H2,1H3,(H,20,21). The maximum atomic E-state index is 10.8. The van der Waals surface area contributed by atoms with Crippen LogP contribution in [0, 0.1) is 6.92 Å². The molecule has 1 fully saturated rings. The van der Waals surface area contributed by atoms with E-state index in [-0.39, 0.29) is 5.56 Å². The molecule has 4 nitrogen and oxygen atoms in total. The van der Waals surface area contributed by atoms with Gasteiger partial charge in [0.1, 0.15) is 5.82 Å². The maximum Gasteiger partial charge on any atom is 0.337 e. The summed E-state index contributed by atoms with van der Waals surface area (Å²) >= 11 is 0. The van der Waals surface area contributed by atoms with Crippen LogP contribution in [0.3, 0.4) is 0 Å². The van der Waals surface area contributed by atoms with Crippen molar-refractivity contribution < 1.29 is 9.90 Å². The topological polar surface area (TPSA) is 53.4 Å². The number of hydrogen-bond donors (Lipinski definition) is 1. The second-order valence-corrected chi connectivity index (χ2v) is 5.56. The van der Waals surface area contributed by atoms with Crippen molar-refractivity contribution in [1.82, 2.24) is 4.98 Å². The summed E-state index contributed by atoms with van der Waals surface area (Å²) < 4.78 is 0. The average Bonchev–Trinajstić information content (AvgIpc) is 2.97. The Morgan fingerprint density at radius 1 is 1.33 bits per heavy atom. The van der Waals surface area contributed by atoms with Crippen LogP contribution in [-0.2, 0) is 0 Å². The van der Waals surface area contributed by atoms with E-state index < -0.39 is 5.97 Å². The monoisotopic (exact) mass is 282 g/mol. The molecule has 0 amide bonds. The van der Waals surface area contributed by atoms with Gasteiger partial charge < -0.3 is 10.0 Å². The first-order chi connectivity index (χ1) is 10.1. The second kappa shape index (κ2) is 5.56. The van der Waals surface area contributed by atoms with E-state index in [4.69, 9.17) is 5.11 Å². The maximum absolute atomic E-state index is 10.8. The summed E-state index contributed by atoms with van der Waals surface area (Å²) in [5.41, 5.74) is 2.89.